The van der Waals surface area contributed by atoms with Crippen molar-refractivity contribution < 1.29 is 4.79 Å². The fraction of sp³-hybridized carbons (Fsp3) is 0.417. The van der Waals surface area contributed by atoms with Crippen molar-refractivity contribution in [3.05, 3.63) is 34.3 Å². The van der Waals surface area contributed by atoms with Crippen LogP contribution >= 0.6 is 15.9 Å². The molecule has 1 aliphatic rings. The molecule has 0 aromatic heterocycles. The molecule has 1 fully saturated rings. The molecule has 1 N–H and O–H groups in total. The van der Waals surface area contributed by atoms with Crippen molar-refractivity contribution in [3.8, 4) is 0 Å². The van der Waals surface area contributed by atoms with Crippen molar-refractivity contribution in [3.63, 3.8) is 0 Å². The van der Waals surface area contributed by atoms with Crippen molar-refractivity contribution in [1.29, 1.82) is 0 Å². The van der Waals surface area contributed by atoms with Crippen LogP contribution in [0, 0.1) is 5.92 Å². The number of halogens is 1. The molecular weight excluding hydrogens is 254 g/mol. The van der Waals surface area contributed by atoms with Crippen molar-refractivity contribution in [2.75, 3.05) is 6.54 Å². The van der Waals surface area contributed by atoms with Gasteiger partial charge in [-0.15, -0.1) is 0 Å². The minimum Gasteiger partial charge on any atom is -0.356 e. The average Bonchev–Trinajstić information content (AvgIpc) is 2.97. The maximum atomic E-state index is 11.6. The standard InChI is InChI=1S/C12H14BrNO/c1-2-14-12(15)11-7-10(11)8-4-3-5-9(13)6-8/h3-6,10-11H,2,7H2,1H3,(H,14,15). The van der Waals surface area contributed by atoms with Gasteiger partial charge in [-0.05, 0) is 37.0 Å². The molecule has 1 aromatic rings. The summed E-state index contributed by atoms with van der Waals surface area (Å²) in [6.07, 6.45) is 0.988. The zero-order valence-corrected chi connectivity index (χ0v) is 10.3. The van der Waals surface area contributed by atoms with E-state index in [1.165, 1.54) is 5.56 Å². The van der Waals surface area contributed by atoms with Crippen LogP contribution in [0.1, 0.15) is 24.8 Å². The van der Waals surface area contributed by atoms with Gasteiger partial charge in [0, 0.05) is 16.9 Å². The van der Waals surface area contributed by atoms with Gasteiger partial charge in [0.2, 0.25) is 5.91 Å². The third-order valence-corrected chi connectivity index (χ3v) is 3.25. The Hall–Kier alpha value is -0.830. The largest absolute Gasteiger partial charge is 0.356 e. The van der Waals surface area contributed by atoms with Gasteiger partial charge in [0.1, 0.15) is 0 Å². The monoisotopic (exact) mass is 267 g/mol. The molecule has 80 valence electrons. The van der Waals surface area contributed by atoms with E-state index in [1.54, 1.807) is 0 Å². The first-order chi connectivity index (χ1) is 7.22. The molecule has 0 spiro atoms. The van der Waals surface area contributed by atoms with Crippen LogP contribution in [-0.2, 0) is 4.79 Å². The second-order valence-corrected chi connectivity index (χ2v) is 4.81. The van der Waals surface area contributed by atoms with Crippen LogP contribution in [0.5, 0.6) is 0 Å². The van der Waals surface area contributed by atoms with Crippen LogP contribution in [0.15, 0.2) is 28.7 Å². The molecule has 2 rings (SSSR count). The highest BCUT2D eigenvalue weighted by molar-refractivity contribution is 9.10. The predicted molar refractivity (Wildman–Crippen MR) is 63.7 cm³/mol. The Kier molecular flexibility index (Phi) is 3.10. The van der Waals surface area contributed by atoms with Crippen LogP contribution in [0.2, 0.25) is 0 Å². The molecule has 0 saturated heterocycles. The first-order valence-electron chi connectivity index (χ1n) is 5.25. The summed E-state index contributed by atoms with van der Waals surface area (Å²) in [5.74, 6) is 0.816. The third-order valence-electron chi connectivity index (χ3n) is 2.76. The minimum absolute atomic E-state index is 0.194. The number of carbonyl (C=O) groups excluding carboxylic acids is 1. The van der Waals surface area contributed by atoms with Gasteiger partial charge in [0.05, 0.1) is 0 Å². The Morgan fingerprint density at radius 3 is 3.07 bits per heavy atom. The van der Waals surface area contributed by atoms with E-state index in [1.807, 2.05) is 19.1 Å². The highest BCUT2D eigenvalue weighted by Crippen LogP contribution is 2.47. The van der Waals surface area contributed by atoms with E-state index >= 15 is 0 Å². The summed E-state index contributed by atoms with van der Waals surface area (Å²) < 4.78 is 1.08. The molecule has 2 atom stereocenters. The predicted octanol–water partition coefficient (Wildman–Crippen LogP) is 2.69. The highest BCUT2D eigenvalue weighted by atomic mass is 79.9. The Bertz CT molecular complexity index is 378. The van der Waals surface area contributed by atoms with Gasteiger partial charge in [-0.1, -0.05) is 28.1 Å². The van der Waals surface area contributed by atoms with Gasteiger partial charge in [0.25, 0.3) is 0 Å². The molecule has 0 radical (unpaired) electrons. The van der Waals surface area contributed by atoms with Crippen LogP contribution in [-0.4, -0.2) is 12.5 Å². The third kappa shape index (κ3) is 2.40. The normalized spacial score (nSPS) is 23.6. The van der Waals surface area contributed by atoms with E-state index in [4.69, 9.17) is 0 Å². The summed E-state index contributed by atoms with van der Waals surface area (Å²) in [5.41, 5.74) is 1.26. The fourth-order valence-electron chi connectivity index (χ4n) is 1.90. The van der Waals surface area contributed by atoms with Crippen LogP contribution in [0.3, 0.4) is 0 Å². The molecule has 3 heteroatoms. The average molecular weight is 268 g/mol. The second-order valence-electron chi connectivity index (χ2n) is 3.90. The van der Waals surface area contributed by atoms with Gasteiger partial charge >= 0.3 is 0 Å². The van der Waals surface area contributed by atoms with Crippen molar-refractivity contribution >= 4 is 21.8 Å². The van der Waals surface area contributed by atoms with Crippen molar-refractivity contribution in [2.45, 2.75) is 19.3 Å². The fourth-order valence-corrected chi connectivity index (χ4v) is 2.31. The van der Waals surface area contributed by atoms with Gasteiger partial charge in [-0.3, -0.25) is 4.79 Å². The first kappa shape index (κ1) is 10.7. The molecular formula is C12H14BrNO. The highest BCUT2D eigenvalue weighted by Gasteiger charge is 2.43. The Morgan fingerprint density at radius 1 is 1.60 bits per heavy atom. The van der Waals surface area contributed by atoms with Gasteiger partial charge in [-0.2, -0.15) is 0 Å². The number of nitrogens with one attached hydrogen (secondary N) is 1. The van der Waals surface area contributed by atoms with E-state index in [-0.39, 0.29) is 11.8 Å². The summed E-state index contributed by atoms with van der Waals surface area (Å²) in [5, 5.41) is 2.87. The molecule has 1 saturated carbocycles. The Labute approximate surface area is 98.2 Å². The lowest BCUT2D eigenvalue weighted by Gasteiger charge is -2.02. The molecule has 1 aromatic carbocycles. The second kappa shape index (κ2) is 4.35. The molecule has 15 heavy (non-hydrogen) atoms. The summed E-state index contributed by atoms with van der Waals surface area (Å²) in [7, 11) is 0. The molecule has 0 heterocycles. The van der Waals surface area contributed by atoms with Crippen molar-refractivity contribution in [2.24, 2.45) is 5.92 Å². The lowest BCUT2D eigenvalue weighted by molar-refractivity contribution is -0.122. The minimum atomic E-state index is 0.194. The SMILES string of the molecule is CCNC(=O)C1CC1c1cccc(Br)c1. The van der Waals surface area contributed by atoms with Gasteiger partial charge in [-0.25, -0.2) is 0 Å². The summed E-state index contributed by atoms with van der Waals surface area (Å²) in [6, 6.07) is 8.22. The van der Waals surface area contributed by atoms with Gasteiger partial charge in [0.15, 0.2) is 0 Å². The summed E-state index contributed by atoms with van der Waals surface area (Å²) in [4.78, 5) is 11.6. The van der Waals surface area contributed by atoms with E-state index in [2.05, 4.69) is 33.4 Å². The number of hydrogen-bond acceptors (Lipinski definition) is 1. The Balaban J connectivity index is 2.01. The molecule has 0 aliphatic heterocycles. The van der Waals surface area contributed by atoms with Crippen LogP contribution in [0.25, 0.3) is 0 Å². The van der Waals surface area contributed by atoms with E-state index in [0.717, 1.165) is 17.4 Å². The van der Waals surface area contributed by atoms with E-state index in [9.17, 15) is 4.79 Å². The quantitative estimate of drug-likeness (QED) is 0.897. The molecule has 2 nitrogen and oxygen atoms in total. The number of amides is 1. The molecule has 2 unspecified atom stereocenters. The molecule has 0 bridgehead atoms. The summed E-state index contributed by atoms with van der Waals surface area (Å²) in [6.45, 7) is 2.68. The van der Waals surface area contributed by atoms with Crippen LogP contribution in [0.4, 0.5) is 0 Å². The number of benzene rings is 1. The Morgan fingerprint density at radius 2 is 2.40 bits per heavy atom. The summed E-state index contributed by atoms with van der Waals surface area (Å²) >= 11 is 3.45. The van der Waals surface area contributed by atoms with E-state index in [0.29, 0.717) is 5.92 Å². The maximum absolute atomic E-state index is 11.6. The van der Waals surface area contributed by atoms with Crippen molar-refractivity contribution in [1.82, 2.24) is 5.32 Å². The number of carbonyl (C=O) groups is 1. The lowest BCUT2D eigenvalue weighted by atomic mass is 10.1. The zero-order chi connectivity index (χ0) is 10.8. The topological polar surface area (TPSA) is 29.1 Å². The van der Waals surface area contributed by atoms with Gasteiger partial charge < -0.3 is 5.32 Å². The first-order valence-corrected chi connectivity index (χ1v) is 6.05. The molecule has 1 aliphatic carbocycles. The smallest absolute Gasteiger partial charge is 0.223 e. The number of rotatable bonds is 3. The lowest BCUT2D eigenvalue weighted by Crippen LogP contribution is -2.24. The molecule has 1 amide bonds. The van der Waals surface area contributed by atoms with E-state index < -0.39 is 0 Å². The number of hydrogen-bond donors (Lipinski definition) is 1. The zero-order valence-electron chi connectivity index (χ0n) is 8.66. The van der Waals surface area contributed by atoms with Crippen LogP contribution < -0.4 is 5.32 Å². The maximum Gasteiger partial charge on any atom is 0.223 e.